The summed E-state index contributed by atoms with van der Waals surface area (Å²) in [6.07, 6.45) is -3.11. The summed E-state index contributed by atoms with van der Waals surface area (Å²) >= 11 is 5.96. The number of nitrogens with two attached hydrogens (primary N) is 1. The van der Waals surface area contributed by atoms with Gasteiger partial charge in [-0.15, -0.1) is 0 Å². The second kappa shape index (κ2) is 5.88. The van der Waals surface area contributed by atoms with Crippen LogP contribution in [0, 0.1) is 11.7 Å². The Morgan fingerprint density at radius 2 is 2.04 bits per heavy atom. The summed E-state index contributed by atoms with van der Waals surface area (Å²) in [6, 6.07) is 8.38. The van der Waals surface area contributed by atoms with Gasteiger partial charge in [-0.25, -0.2) is 23.1 Å². The third-order valence-corrected chi connectivity index (χ3v) is 5.43. The van der Waals surface area contributed by atoms with Crippen molar-refractivity contribution in [1.29, 1.82) is 0 Å². The van der Waals surface area contributed by atoms with Crippen LogP contribution in [-0.4, -0.2) is 23.5 Å². The molecule has 0 spiro atoms. The number of ether oxygens (including phenoxy) is 1. The fraction of sp³-hybridized carbons (Fsp3) is 0.263. The maximum atomic E-state index is 14.7. The summed E-state index contributed by atoms with van der Waals surface area (Å²) in [5.74, 6) is -1.28. The van der Waals surface area contributed by atoms with Crippen LogP contribution in [0.3, 0.4) is 0 Å². The van der Waals surface area contributed by atoms with Gasteiger partial charge in [0.1, 0.15) is 17.4 Å². The predicted octanol–water partition coefficient (Wildman–Crippen LogP) is 4.48. The molecule has 1 saturated carbocycles. The van der Waals surface area contributed by atoms with Crippen LogP contribution in [0.25, 0.3) is 22.6 Å². The number of aliphatic imine (C=N–C) groups is 1. The molecule has 9 heteroatoms. The third-order valence-electron chi connectivity index (χ3n) is 5.19. The molecule has 1 aliphatic heterocycles. The van der Waals surface area contributed by atoms with E-state index >= 15 is 0 Å². The number of nitrogens with zero attached hydrogens (tertiary/aromatic N) is 2. The van der Waals surface area contributed by atoms with Crippen molar-refractivity contribution in [3.8, 4) is 11.5 Å². The molecule has 3 atom stereocenters. The average molecular weight is 408 g/mol. The van der Waals surface area contributed by atoms with Crippen LogP contribution in [0.4, 0.5) is 13.2 Å². The first-order valence-electron chi connectivity index (χ1n) is 8.55. The summed E-state index contributed by atoms with van der Waals surface area (Å²) in [7, 11) is 0. The van der Waals surface area contributed by atoms with Crippen LogP contribution >= 0.6 is 11.6 Å². The van der Waals surface area contributed by atoms with Gasteiger partial charge in [-0.05, 0) is 42.8 Å². The van der Waals surface area contributed by atoms with Crippen LogP contribution in [0.1, 0.15) is 12.0 Å². The zero-order valence-corrected chi connectivity index (χ0v) is 15.0. The van der Waals surface area contributed by atoms with E-state index in [0.717, 1.165) is 6.07 Å². The van der Waals surface area contributed by atoms with Crippen LogP contribution < -0.4 is 5.73 Å². The van der Waals surface area contributed by atoms with Crippen molar-refractivity contribution in [2.75, 3.05) is 0 Å². The Bertz CT molecular complexity index is 1130. The van der Waals surface area contributed by atoms with E-state index in [1.807, 2.05) is 0 Å². The number of hydrogen-bond acceptors (Lipinski definition) is 5. The van der Waals surface area contributed by atoms with Crippen molar-refractivity contribution >= 4 is 28.7 Å². The molecule has 5 rings (SSSR count). The van der Waals surface area contributed by atoms with Crippen molar-refractivity contribution in [2.45, 2.75) is 24.5 Å². The molecule has 0 unspecified atom stereocenters. The quantitative estimate of drug-likeness (QED) is 0.694. The fourth-order valence-electron chi connectivity index (χ4n) is 3.79. The Hall–Kier alpha value is -2.74. The Kier molecular flexibility index (Phi) is 3.64. The van der Waals surface area contributed by atoms with Crippen LogP contribution in [0.2, 0.25) is 5.02 Å². The molecule has 1 aliphatic carbocycles. The zero-order chi connectivity index (χ0) is 19.6. The lowest BCUT2D eigenvalue weighted by Crippen LogP contribution is -2.43. The lowest BCUT2D eigenvalue weighted by atomic mass is 9.84. The van der Waals surface area contributed by atoms with E-state index in [9.17, 15) is 13.2 Å². The first kappa shape index (κ1) is 17.4. The molecule has 28 heavy (non-hydrogen) atoms. The van der Waals surface area contributed by atoms with E-state index in [1.54, 1.807) is 18.2 Å². The molecule has 0 radical (unpaired) electrons. The summed E-state index contributed by atoms with van der Waals surface area (Å²) < 4.78 is 54.0. The average Bonchev–Trinajstić information content (AvgIpc) is 3.30. The molecule has 2 heterocycles. The summed E-state index contributed by atoms with van der Waals surface area (Å²) in [6.45, 7) is 0. The molecule has 0 amide bonds. The number of rotatable bonds is 3. The molecule has 2 aliphatic rings. The number of benzene rings is 2. The molecule has 1 aromatic heterocycles. The monoisotopic (exact) mass is 407 g/mol. The SMILES string of the molecule is NC1=N[C@@](c2cc(-c3nc4cc(Cl)ccc4o3)ccc2F)(C(F)F)[C@H]2C[C@H]2O1. The van der Waals surface area contributed by atoms with Crippen molar-refractivity contribution in [3.63, 3.8) is 0 Å². The number of alkyl halides is 2. The minimum absolute atomic E-state index is 0.166. The van der Waals surface area contributed by atoms with E-state index in [-0.39, 0.29) is 17.5 Å². The van der Waals surface area contributed by atoms with Gasteiger partial charge in [0, 0.05) is 22.1 Å². The minimum Gasteiger partial charge on any atom is -0.462 e. The Labute approximate surface area is 162 Å². The molecule has 2 N–H and O–H groups in total. The predicted molar refractivity (Wildman–Crippen MR) is 96.7 cm³/mol. The van der Waals surface area contributed by atoms with E-state index in [4.69, 9.17) is 26.5 Å². The number of halogens is 4. The third kappa shape index (κ3) is 2.47. The summed E-state index contributed by atoms with van der Waals surface area (Å²) in [4.78, 5) is 8.20. The number of amidine groups is 1. The zero-order valence-electron chi connectivity index (χ0n) is 14.2. The molecule has 0 bridgehead atoms. The summed E-state index contributed by atoms with van der Waals surface area (Å²) in [5.41, 5.74) is 4.58. The molecule has 1 fully saturated rings. The van der Waals surface area contributed by atoms with Crippen molar-refractivity contribution in [2.24, 2.45) is 16.6 Å². The van der Waals surface area contributed by atoms with Gasteiger partial charge in [-0.3, -0.25) is 0 Å². The molecule has 144 valence electrons. The topological polar surface area (TPSA) is 73.6 Å². The van der Waals surface area contributed by atoms with Gasteiger partial charge >= 0.3 is 0 Å². The second-order valence-electron chi connectivity index (χ2n) is 6.90. The van der Waals surface area contributed by atoms with Gasteiger partial charge < -0.3 is 14.9 Å². The fourth-order valence-corrected chi connectivity index (χ4v) is 3.96. The van der Waals surface area contributed by atoms with E-state index in [2.05, 4.69) is 9.98 Å². The number of oxazole rings is 1. The van der Waals surface area contributed by atoms with E-state index < -0.39 is 29.8 Å². The van der Waals surface area contributed by atoms with Crippen LogP contribution in [0.15, 0.2) is 45.8 Å². The maximum Gasteiger partial charge on any atom is 0.283 e. The van der Waals surface area contributed by atoms with Crippen LogP contribution in [0.5, 0.6) is 0 Å². The highest BCUT2D eigenvalue weighted by Gasteiger charge is 2.64. The van der Waals surface area contributed by atoms with E-state index in [1.165, 1.54) is 12.1 Å². The van der Waals surface area contributed by atoms with E-state index in [0.29, 0.717) is 28.1 Å². The molecule has 3 aromatic rings. The number of fused-ring (bicyclic) bond motifs is 2. The van der Waals surface area contributed by atoms with Gasteiger partial charge in [0.25, 0.3) is 12.4 Å². The lowest BCUT2D eigenvalue weighted by molar-refractivity contribution is 0.0177. The second-order valence-corrected chi connectivity index (χ2v) is 7.34. The Morgan fingerprint density at radius 1 is 1.21 bits per heavy atom. The first-order chi connectivity index (χ1) is 13.4. The molecule has 5 nitrogen and oxygen atoms in total. The standard InChI is InChI=1S/C19H13ClF3N3O2/c20-9-2-4-14-13(6-9)25-16(27-14)8-1-3-12(21)10(5-8)19(17(22)23)11-7-15(11)28-18(24)26-19/h1-6,11,15,17H,7H2,(H2,24,26)/t11-,15+,19+/m0/s1. The molecular formula is C19H13ClF3N3O2. The highest BCUT2D eigenvalue weighted by Crippen LogP contribution is 2.56. The smallest absolute Gasteiger partial charge is 0.283 e. The summed E-state index contributed by atoms with van der Waals surface area (Å²) in [5, 5.41) is 0.482. The number of hydrogen-bond donors (Lipinski definition) is 1. The van der Waals surface area contributed by atoms with Gasteiger partial charge in [0.15, 0.2) is 11.1 Å². The van der Waals surface area contributed by atoms with Gasteiger partial charge in [-0.1, -0.05) is 11.6 Å². The lowest BCUT2D eigenvalue weighted by Gasteiger charge is -2.33. The van der Waals surface area contributed by atoms with Gasteiger partial charge in [-0.2, -0.15) is 0 Å². The normalized spacial score (nSPS) is 26.1. The minimum atomic E-state index is -2.96. The maximum absolute atomic E-state index is 14.7. The van der Waals surface area contributed by atoms with Gasteiger partial charge in [0.2, 0.25) is 5.89 Å². The molecular weight excluding hydrogens is 395 g/mol. The Balaban J connectivity index is 1.67. The van der Waals surface area contributed by atoms with Crippen LogP contribution in [-0.2, 0) is 10.3 Å². The first-order valence-corrected chi connectivity index (χ1v) is 8.93. The highest BCUT2D eigenvalue weighted by molar-refractivity contribution is 6.31. The molecule has 2 aromatic carbocycles. The highest BCUT2D eigenvalue weighted by atomic mass is 35.5. The number of aromatic nitrogens is 1. The van der Waals surface area contributed by atoms with Gasteiger partial charge in [0.05, 0.1) is 0 Å². The van der Waals surface area contributed by atoms with Crippen molar-refractivity contribution in [3.05, 3.63) is 52.8 Å². The largest absolute Gasteiger partial charge is 0.462 e. The van der Waals surface area contributed by atoms with Crippen molar-refractivity contribution < 1.29 is 22.3 Å². The Morgan fingerprint density at radius 3 is 2.82 bits per heavy atom. The van der Waals surface area contributed by atoms with Crippen molar-refractivity contribution in [1.82, 2.24) is 4.98 Å². The molecule has 0 saturated heterocycles.